The Labute approximate surface area is 133 Å². The zero-order valence-electron chi connectivity index (χ0n) is 12.2. The van der Waals surface area contributed by atoms with Crippen LogP contribution in [0.15, 0.2) is 40.9 Å². The number of aliphatic hydroxyl groups is 1. The minimum atomic E-state index is -0.565. The molecule has 0 aliphatic carbocycles. The number of benzene rings is 2. The molecular formula is C17H19BrFNO. The highest BCUT2D eigenvalue weighted by Crippen LogP contribution is 2.18. The van der Waals surface area contributed by atoms with E-state index in [0.29, 0.717) is 24.2 Å². The Morgan fingerprint density at radius 1 is 1.19 bits per heavy atom. The number of hydrogen-bond acceptors (Lipinski definition) is 2. The molecular weight excluding hydrogens is 333 g/mol. The Morgan fingerprint density at radius 3 is 2.48 bits per heavy atom. The van der Waals surface area contributed by atoms with Gasteiger partial charge in [-0.2, -0.15) is 0 Å². The molecule has 0 saturated heterocycles. The molecule has 0 spiro atoms. The highest BCUT2D eigenvalue weighted by atomic mass is 79.9. The van der Waals surface area contributed by atoms with E-state index >= 15 is 0 Å². The van der Waals surface area contributed by atoms with Gasteiger partial charge in [0.1, 0.15) is 5.82 Å². The zero-order valence-corrected chi connectivity index (χ0v) is 13.7. The monoisotopic (exact) mass is 351 g/mol. The lowest BCUT2D eigenvalue weighted by molar-refractivity contribution is 0.174. The second-order valence-corrected chi connectivity index (χ2v) is 6.16. The van der Waals surface area contributed by atoms with E-state index in [2.05, 4.69) is 21.2 Å². The first-order valence-corrected chi connectivity index (χ1v) is 7.66. The number of halogens is 2. The zero-order chi connectivity index (χ0) is 15.4. The Morgan fingerprint density at radius 2 is 1.86 bits per heavy atom. The molecule has 2 aromatic rings. The molecule has 2 aromatic carbocycles. The number of hydrogen-bond donors (Lipinski definition) is 2. The molecule has 0 aliphatic rings. The van der Waals surface area contributed by atoms with Crippen LogP contribution >= 0.6 is 15.9 Å². The summed E-state index contributed by atoms with van der Waals surface area (Å²) in [5.74, 6) is -0.145. The summed E-state index contributed by atoms with van der Waals surface area (Å²) in [6.07, 6.45) is -0.565. The maximum absolute atomic E-state index is 13.6. The van der Waals surface area contributed by atoms with Crippen LogP contribution in [0.3, 0.4) is 0 Å². The van der Waals surface area contributed by atoms with E-state index < -0.39 is 6.10 Å². The van der Waals surface area contributed by atoms with Crippen molar-refractivity contribution in [1.82, 2.24) is 5.32 Å². The highest BCUT2D eigenvalue weighted by molar-refractivity contribution is 9.10. The summed E-state index contributed by atoms with van der Waals surface area (Å²) >= 11 is 3.39. The normalized spacial score (nSPS) is 12.4. The standard InChI is InChI=1S/C17H19BrFNO/c1-11-6-13(7-12(2)17(11)19)9-20-10-16(21)14-4-3-5-15(18)8-14/h3-8,16,20-21H,9-10H2,1-2H3. The van der Waals surface area contributed by atoms with Gasteiger partial charge >= 0.3 is 0 Å². The van der Waals surface area contributed by atoms with Gasteiger partial charge in [-0.25, -0.2) is 4.39 Å². The molecule has 21 heavy (non-hydrogen) atoms. The molecule has 1 atom stereocenters. The summed E-state index contributed by atoms with van der Waals surface area (Å²) in [6, 6.07) is 11.3. The van der Waals surface area contributed by atoms with Gasteiger partial charge < -0.3 is 10.4 Å². The fraction of sp³-hybridized carbons (Fsp3) is 0.294. The van der Waals surface area contributed by atoms with Crippen molar-refractivity contribution < 1.29 is 9.50 Å². The second-order valence-electron chi connectivity index (χ2n) is 5.25. The molecule has 0 amide bonds. The molecule has 0 fully saturated rings. The minimum absolute atomic E-state index is 0.145. The van der Waals surface area contributed by atoms with Crippen molar-refractivity contribution in [3.8, 4) is 0 Å². The lowest BCUT2D eigenvalue weighted by Gasteiger charge is -2.13. The SMILES string of the molecule is Cc1cc(CNCC(O)c2cccc(Br)c2)cc(C)c1F. The van der Waals surface area contributed by atoms with Crippen molar-refractivity contribution in [3.63, 3.8) is 0 Å². The van der Waals surface area contributed by atoms with E-state index in [1.807, 2.05) is 36.4 Å². The average molecular weight is 352 g/mol. The Bertz CT molecular complexity index is 607. The van der Waals surface area contributed by atoms with E-state index in [0.717, 1.165) is 15.6 Å². The van der Waals surface area contributed by atoms with Crippen LogP contribution in [0.2, 0.25) is 0 Å². The molecule has 0 aromatic heterocycles. The van der Waals surface area contributed by atoms with Gasteiger partial charge in [0.25, 0.3) is 0 Å². The predicted octanol–water partition coefficient (Wildman–Crippen LogP) is 4.03. The van der Waals surface area contributed by atoms with Crippen molar-refractivity contribution >= 4 is 15.9 Å². The molecule has 2 nitrogen and oxygen atoms in total. The second kappa shape index (κ2) is 7.16. The fourth-order valence-electron chi connectivity index (χ4n) is 2.32. The summed E-state index contributed by atoms with van der Waals surface area (Å²) in [5, 5.41) is 13.3. The van der Waals surface area contributed by atoms with E-state index in [9.17, 15) is 9.50 Å². The van der Waals surface area contributed by atoms with Gasteiger partial charge in [0.15, 0.2) is 0 Å². The first-order valence-electron chi connectivity index (χ1n) is 6.87. The van der Waals surface area contributed by atoms with Gasteiger partial charge in [0.05, 0.1) is 6.10 Å². The maximum atomic E-state index is 13.6. The molecule has 112 valence electrons. The minimum Gasteiger partial charge on any atom is -0.387 e. The van der Waals surface area contributed by atoms with Gasteiger partial charge in [-0.05, 0) is 48.2 Å². The fourth-order valence-corrected chi connectivity index (χ4v) is 2.74. The third-order valence-electron chi connectivity index (χ3n) is 3.40. The topological polar surface area (TPSA) is 32.3 Å². The first-order chi connectivity index (χ1) is 9.97. The molecule has 1 unspecified atom stereocenters. The van der Waals surface area contributed by atoms with Crippen LogP contribution in [0.5, 0.6) is 0 Å². The van der Waals surface area contributed by atoms with E-state index in [1.165, 1.54) is 0 Å². The van der Waals surface area contributed by atoms with E-state index in [-0.39, 0.29) is 5.82 Å². The lowest BCUT2D eigenvalue weighted by atomic mass is 10.1. The smallest absolute Gasteiger partial charge is 0.129 e. The van der Waals surface area contributed by atoms with Crippen LogP contribution in [0.1, 0.15) is 28.4 Å². The van der Waals surface area contributed by atoms with Crippen molar-refractivity contribution in [1.29, 1.82) is 0 Å². The largest absolute Gasteiger partial charge is 0.387 e. The highest BCUT2D eigenvalue weighted by Gasteiger charge is 2.08. The van der Waals surface area contributed by atoms with Gasteiger partial charge in [-0.1, -0.05) is 40.2 Å². The van der Waals surface area contributed by atoms with Crippen molar-refractivity contribution in [2.45, 2.75) is 26.5 Å². The first kappa shape index (κ1) is 16.1. The summed E-state index contributed by atoms with van der Waals surface area (Å²) in [5.41, 5.74) is 3.19. The van der Waals surface area contributed by atoms with Crippen molar-refractivity contribution in [2.75, 3.05) is 6.54 Å². The molecule has 2 N–H and O–H groups in total. The van der Waals surface area contributed by atoms with Gasteiger partial charge in [-0.15, -0.1) is 0 Å². The lowest BCUT2D eigenvalue weighted by Crippen LogP contribution is -2.21. The Kier molecular flexibility index (Phi) is 5.51. The molecule has 4 heteroatoms. The Hall–Kier alpha value is -1.23. The number of nitrogens with one attached hydrogen (secondary N) is 1. The molecule has 0 saturated carbocycles. The number of aryl methyl sites for hydroxylation is 2. The average Bonchev–Trinajstić information content (AvgIpc) is 2.44. The van der Waals surface area contributed by atoms with E-state index in [4.69, 9.17) is 0 Å². The van der Waals surface area contributed by atoms with Gasteiger partial charge in [0, 0.05) is 17.6 Å². The predicted molar refractivity (Wildman–Crippen MR) is 86.7 cm³/mol. The summed E-state index contributed by atoms with van der Waals surface area (Å²) < 4.78 is 14.5. The Balaban J connectivity index is 1.92. The van der Waals surface area contributed by atoms with Gasteiger partial charge in [0.2, 0.25) is 0 Å². The van der Waals surface area contributed by atoms with Crippen LogP contribution in [0.25, 0.3) is 0 Å². The number of aliphatic hydroxyl groups excluding tert-OH is 1. The number of rotatable bonds is 5. The van der Waals surface area contributed by atoms with Crippen molar-refractivity contribution in [2.24, 2.45) is 0 Å². The third-order valence-corrected chi connectivity index (χ3v) is 3.89. The quantitative estimate of drug-likeness (QED) is 0.852. The molecule has 2 rings (SSSR count). The summed E-state index contributed by atoms with van der Waals surface area (Å²) in [7, 11) is 0. The van der Waals surface area contributed by atoms with Crippen LogP contribution in [-0.2, 0) is 6.54 Å². The van der Waals surface area contributed by atoms with Crippen LogP contribution in [0, 0.1) is 19.7 Å². The third kappa shape index (κ3) is 4.37. The van der Waals surface area contributed by atoms with E-state index in [1.54, 1.807) is 13.8 Å². The molecule has 0 bridgehead atoms. The molecule has 0 aliphatic heterocycles. The van der Waals surface area contributed by atoms with Crippen molar-refractivity contribution in [3.05, 3.63) is 68.9 Å². The molecule has 0 heterocycles. The van der Waals surface area contributed by atoms with Crippen LogP contribution in [0.4, 0.5) is 4.39 Å². The van der Waals surface area contributed by atoms with Crippen LogP contribution < -0.4 is 5.32 Å². The molecule has 0 radical (unpaired) electrons. The summed E-state index contributed by atoms with van der Waals surface area (Å²) in [6.45, 7) is 4.59. The summed E-state index contributed by atoms with van der Waals surface area (Å²) in [4.78, 5) is 0. The van der Waals surface area contributed by atoms with Crippen LogP contribution in [-0.4, -0.2) is 11.7 Å². The maximum Gasteiger partial charge on any atom is 0.129 e. The van der Waals surface area contributed by atoms with Gasteiger partial charge in [-0.3, -0.25) is 0 Å².